The number of likely N-dealkylation sites (N-methyl/N-ethyl adjacent to an activating group) is 1. The second-order valence-corrected chi connectivity index (χ2v) is 6.31. The lowest BCUT2D eigenvalue weighted by atomic mass is 9.95. The van der Waals surface area contributed by atoms with Gasteiger partial charge in [0.15, 0.2) is 0 Å². The normalized spacial score (nSPS) is 20.7. The molecule has 0 aromatic heterocycles. The van der Waals surface area contributed by atoms with E-state index in [9.17, 15) is 9.59 Å². The second-order valence-electron chi connectivity index (χ2n) is 6.31. The van der Waals surface area contributed by atoms with E-state index in [1.54, 1.807) is 0 Å². The number of carbonyl (C=O) groups is 2. The molecule has 0 aromatic carbocycles. The van der Waals surface area contributed by atoms with Crippen molar-refractivity contribution in [1.29, 1.82) is 0 Å². The number of hydrogen-bond donors (Lipinski definition) is 2. The van der Waals surface area contributed by atoms with Gasteiger partial charge in [0, 0.05) is 45.2 Å². The minimum Gasteiger partial charge on any atom is -0.353 e. The van der Waals surface area contributed by atoms with Gasteiger partial charge in [0.1, 0.15) is 0 Å². The van der Waals surface area contributed by atoms with Crippen LogP contribution in [0.5, 0.6) is 0 Å². The van der Waals surface area contributed by atoms with Gasteiger partial charge in [-0.3, -0.25) is 4.79 Å². The Balaban J connectivity index is 1.57. The summed E-state index contributed by atoms with van der Waals surface area (Å²) in [5.74, 6) is 0.0583. The summed E-state index contributed by atoms with van der Waals surface area (Å²) in [5.41, 5.74) is 0. The zero-order valence-electron chi connectivity index (χ0n) is 13.8. The van der Waals surface area contributed by atoms with Crippen molar-refractivity contribution in [3.8, 4) is 0 Å². The molecule has 2 fully saturated rings. The van der Waals surface area contributed by atoms with Gasteiger partial charge in [-0.05, 0) is 19.4 Å². The van der Waals surface area contributed by atoms with Crippen LogP contribution in [0.4, 0.5) is 4.79 Å². The molecule has 0 bridgehead atoms. The molecule has 126 valence electrons. The van der Waals surface area contributed by atoms with Gasteiger partial charge < -0.3 is 20.4 Å². The molecule has 1 aliphatic heterocycles. The summed E-state index contributed by atoms with van der Waals surface area (Å²) in [5, 5.41) is 5.94. The lowest BCUT2D eigenvalue weighted by Crippen LogP contribution is -2.52. The fraction of sp³-hybridized carbons (Fsp3) is 0.875. The number of piperazine rings is 1. The van der Waals surface area contributed by atoms with Crippen LogP contribution in [-0.4, -0.2) is 67.0 Å². The third-order valence-corrected chi connectivity index (χ3v) is 4.71. The van der Waals surface area contributed by atoms with E-state index >= 15 is 0 Å². The maximum Gasteiger partial charge on any atom is 0.317 e. The predicted octanol–water partition coefficient (Wildman–Crippen LogP) is 1.17. The van der Waals surface area contributed by atoms with Gasteiger partial charge in [0.2, 0.25) is 5.91 Å². The van der Waals surface area contributed by atoms with E-state index in [1.165, 1.54) is 19.3 Å². The van der Waals surface area contributed by atoms with E-state index in [0.717, 1.165) is 45.6 Å². The predicted molar refractivity (Wildman–Crippen MR) is 86.7 cm³/mol. The van der Waals surface area contributed by atoms with Crippen LogP contribution in [0.2, 0.25) is 0 Å². The highest BCUT2D eigenvalue weighted by Crippen LogP contribution is 2.17. The van der Waals surface area contributed by atoms with Crippen LogP contribution >= 0.6 is 0 Å². The molecular weight excluding hydrogens is 280 g/mol. The lowest BCUT2D eigenvalue weighted by Gasteiger charge is -2.34. The van der Waals surface area contributed by atoms with Gasteiger partial charge in [-0.25, -0.2) is 4.79 Å². The summed E-state index contributed by atoms with van der Waals surface area (Å²) in [6.07, 6.45) is 6.28. The standard InChI is InChI=1S/C16H30N4O2/c1-2-19-10-12-20(13-11-19)16(22)17-9-8-15(21)18-14-6-4-3-5-7-14/h14H,2-13H2,1H3,(H,17,22)(H,18,21). The number of nitrogens with zero attached hydrogens (tertiary/aromatic N) is 2. The molecule has 2 aliphatic rings. The molecule has 22 heavy (non-hydrogen) atoms. The summed E-state index contributed by atoms with van der Waals surface area (Å²) in [6, 6.07) is 0.306. The van der Waals surface area contributed by atoms with Gasteiger partial charge in [0.25, 0.3) is 0 Å². The molecule has 2 N–H and O–H groups in total. The number of amides is 3. The molecule has 0 spiro atoms. The topological polar surface area (TPSA) is 64.7 Å². The lowest BCUT2D eigenvalue weighted by molar-refractivity contribution is -0.121. The molecule has 1 saturated carbocycles. The second kappa shape index (κ2) is 8.98. The molecule has 0 atom stereocenters. The fourth-order valence-electron chi connectivity index (χ4n) is 3.21. The van der Waals surface area contributed by atoms with Gasteiger partial charge in [-0.15, -0.1) is 0 Å². The molecule has 0 radical (unpaired) electrons. The van der Waals surface area contributed by atoms with Gasteiger partial charge in [0.05, 0.1) is 0 Å². The molecular formula is C16H30N4O2. The summed E-state index contributed by atoms with van der Waals surface area (Å²) in [6.45, 7) is 7.02. The zero-order chi connectivity index (χ0) is 15.8. The highest BCUT2D eigenvalue weighted by Gasteiger charge is 2.20. The van der Waals surface area contributed by atoms with Gasteiger partial charge in [-0.2, -0.15) is 0 Å². The Bertz CT molecular complexity index is 361. The number of rotatable bonds is 5. The smallest absolute Gasteiger partial charge is 0.317 e. The van der Waals surface area contributed by atoms with Crippen LogP contribution in [0, 0.1) is 0 Å². The van der Waals surface area contributed by atoms with Crippen LogP contribution in [0.25, 0.3) is 0 Å². The van der Waals surface area contributed by atoms with Crippen LogP contribution < -0.4 is 10.6 Å². The van der Waals surface area contributed by atoms with Crippen molar-refractivity contribution in [3.05, 3.63) is 0 Å². The first-order chi connectivity index (χ1) is 10.7. The summed E-state index contributed by atoms with van der Waals surface area (Å²) >= 11 is 0. The van der Waals surface area contributed by atoms with Gasteiger partial charge >= 0.3 is 6.03 Å². The minimum atomic E-state index is -0.0405. The van der Waals surface area contributed by atoms with Crippen molar-refractivity contribution >= 4 is 11.9 Å². The molecule has 0 unspecified atom stereocenters. The Kier molecular flexibility index (Phi) is 6.96. The Morgan fingerprint density at radius 1 is 1.05 bits per heavy atom. The van der Waals surface area contributed by atoms with E-state index in [2.05, 4.69) is 22.5 Å². The molecule has 1 saturated heterocycles. The third kappa shape index (κ3) is 5.48. The van der Waals surface area contributed by atoms with Crippen molar-refractivity contribution < 1.29 is 9.59 Å². The fourth-order valence-corrected chi connectivity index (χ4v) is 3.21. The first-order valence-electron chi connectivity index (χ1n) is 8.73. The van der Waals surface area contributed by atoms with E-state index in [4.69, 9.17) is 0 Å². The van der Waals surface area contributed by atoms with Crippen molar-refractivity contribution in [2.75, 3.05) is 39.3 Å². The van der Waals surface area contributed by atoms with Crippen LogP contribution in [0.3, 0.4) is 0 Å². The SMILES string of the molecule is CCN1CCN(C(=O)NCCC(=O)NC2CCCCC2)CC1. The Labute approximate surface area is 133 Å². The van der Waals surface area contributed by atoms with Crippen molar-refractivity contribution in [2.24, 2.45) is 0 Å². The Hall–Kier alpha value is -1.30. The quantitative estimate of drug-likeness (QED) is 0.801. The van der Waals surface area contributed by atoms with Gasteiger partial charge in [-0.1, -0.05) is 26.2 Å². The summed E-state index contributed by atoms with van der Waals surface area (Å²) in [4.78, 5) is 28.1. The van der Waals surface area contributed by atoms with Crippen LogP contribution in [0.1, 0.15) is 45.4 Å². The number of hydrogen-bond acceptors (Lipinski definition) is 3. The number of carbonyl (C=O) groups excluding carboxylic acids is 2. The van der Waals surface area contributed by atoms with Crippen molar-refractivity contribution in [1.82, 2.24) is 20.4 Å². The maximum atomic E-state index is 12.0. The number of urea groups is 1. The van der Waals surface area contributed by atoms with E-state index in [0.29, 0.717) is 19.0 Å². The highest BCUT2D eigenvalue weighted by molar-refractivity contribution is 5.78. The van der Waals surface area contributed by atoms with Crippen molar-refractivity contribution in [2.45, 2.75) is 51.5 Å². The van der Waals surface area contributed by atoms with E-state index < -0.39 is 0 Å². The minimum absolute atomic E-state index is 0.0405. The van der Waals surface area contributed by atoms with Crippen molar-refractivity contribution in [3.63, 3.8) is 0 Å². The Morgan fingerprint density at radius 2 is 1.73 bits per heavy atom. The largest absolute Gasteiger partial charge is 0.353 e. The first kappa shape index (κ1) is 17.1. The number of nitrogens with one attached hydrogen (secondary N) is 2. The molecule has 1 heterocycles. The average molecular weight is 310 g/mol. The molecule has 6 nitrogen and oxygen atoms in total. The van der Waals surface area contributed by atoms with Crippen LogP contribution in [0.15, 0.2) is 0 Å². The highest BCUT2D eigenvalue weighted by atomic mass is 16.2. The molecule has 2 rings (SSSR count). The van der Waals surface area contributed by atoms with Crippen LogP contribution in [-0.2, 0) is 4.79 Å². The maximum absolute atomic E-state index is 12.0. The summed E-state index contributed by atoms with van der Waals surface area (Å²) < 4.78 is 0. The molecule has 6 heteroatoms. The third-order valence-electron chi connectivity index (χ3n) is 4.71. The zero-order valence-corrected chi connectivity index (χ0v) is 13.8. The molecule has 0 aromatic rings. The first-order valence-corrected chi connectivity index (χ1v) is 8.73. The molecule has 1 aliphatic carbocycles. The monoisotopic (exact) mass is 310 g/mol. The average Bonchev–Trinajstić information content (AvgIpc) is 2.55. The molecule has 3 amide bonds. The van der Waals surface area contributed by atoms with E-state index in [1.807, 2.05) is 4.90 Å². The Morgan fingerprint density at radius 3 is 2.36 bits per heavy atom. The summed E-state index contributed by atoms with van der Waals surface area (Å²) in [7, 11) is 0. The van der Waals surface area contributed by atoms with E-state index in [-0.39, 0.29) is 11.9 Å².